The summed E-state index contributed by atoms with van der Waals surface area (Å²) in [7, 11) is -6.66. The van der Waals surface area contributed by atoms with E-state index in [0.29, 0.717) is 44.9 Å². The second-order valence-corrected chi connectivity index (χ2v) is 11.3. The highest BCUT2D eigenvalue weighted by molar-refractivity contribution is 7.91. The van der Waals surface area contributed by atoms with Crippen molar-refractivity contribution in [3.63, 3.8) is 0 Å². The van der Waals surface area contributed by atoms with Gasteiger partial charge in [-0.15, -0.1) is 0 Å². The Morgan fingerprint density at radius 1 is 1.04 bits per heavy atom. The Hall–Kier alpha value is -1.20. The van der Waals surface area contributed by atoms with E-state index >= 15 is 0 Å². The van der Waals surface area contributed by atoms with Crippen LogP contribution in [0.4, 0.5) is 0 Å². The Morgan fingerprint density at radius 2 is 1.64 bits per heavy atom. The first-order valence-corrected chi connectivity index (χ1v) is 12.7. The molecule has 2 aliphatic heterocycles. The van der Waals surface area contributed by atoms with E-state index in [1.165, 1.54) is 16.4 Å². The number of nitrogens with zero attached hydrogens (tertiary/aromatic N) is 1. The summed E-state index contributed by atoms with van der Waals surface area (Å²) in [6, 6.07) is 6.10. The van der Waals surface area contributed by atoms with E-state index in [2.05, 4.69) is 0 Å². The summed E-state index contributed by atoms with van der Waals surface area (Å²) in [4.78, 5) is 0.202. The Labute approximate surface area is 166 Å². The number of hydrogen-bond donors (Lipinski definition) is 0. The molecule has 0 spiro atoms. The van der Waals surface area contributed by atoms with Crippen LogP contribution >= 0.6 is 0 Å². The molecule has 3 rings (SSSR count). The molecule has 2 heterocycles. The lowest BCUT2D eigenvalue weighted by Gasteiger charge is -2.33. The van der Waals surface area contributed by atoms with Gasteiger partial charge in [0.05, 0.1) is 23.9 Å². The molecule has 0 saturated carbocycles. The molecule has 0 aromatic heterocycles. The van der Waals surface area contributed by atoms with Gasteiger partial charge in [0, 0.05) is 24.8 Å². The number of piperidine rings is 1. The van der Waals surface area contributed by atoms with Crippen molar-refractivity contribution in [2.24, 2.45) is 5.92 Å². The standard InChI is InChI=1S/C18H27NO7S2/c1-2-27(20,21)14-13-24-16-3-5-17(6-4-16)28(22,23)19-9-7-15(8-10-19)18-25-11-12-26-18/h3-6,15,18H,2,7-14H2,1H3. The number of sulfone groups is 1. The molecule has 0 unspecified atom stereocenters. The molecule has 0 N–H and O–H groups in total. The summed E-state index contributed by atoms with van der Waals surface area (Å²) in [6.07, 6.45) is 1.20. The molecule has 2 aliphatic rings. The molecule has 8 nitrogen and oxygen atoms in total. The average Bonchev–Trinajstić information content (AvgIpc) is 3.23. The SMILES string of the molecule is CCS(=O)(=O)CCOc1ccc(S(=O)(=O)N2CCC(C3OCCO3)CC2)cc1. The predicted molar refractivity (Wildman–Crippen MR) is 103 cm³/mol. The molecule has 1 aromatic rings. The molecule has 2 saturated heterocycles. The maximum atomic E-state index is 12.9. The zero-order valence-corrected chi connectivity index (χ0v) is 17.6. The van der Waals surface area contributed by atoms with Crippen LogP contribution in [0.5, 0.6) is 5.75 Å². The fourth-order valence-corrected chi connectivity index (χ4v) is 5.42. The monoisotopic (exact) mass is 433 g/mol. The number of benzene rings is 1. The average molecular weight is 434 g/mol. The minimum Gasteiger partial charge on any atom is -0.493 e. The number of hydrogen-bond acceptors (Lipinski definition) is 7. The molecule has 1 aromatic carbocycles. The molecular formula is C18H27NO7S2. The van der Waals surface area contributed by atoms with E-state index in [1.807, 2.05) is 0 Å². The molecule has 0 atom stereocenters. The van der Waals surface area contributed by atoms with Crippen molar-refractivity contribution in [2.45, 2.75) is 31.0 Å². The third-order valence-electron chi connectivity index (χ3n) is 5.10. The molecule has 0 aliphatic carbocycles. The first-order valence-electron chi connectivity index (χ1n) is 9.48. The van der Waals surface area contributed by atoms with Gasteiger partial charge in [-0.2, -0.15) is 4.31 Å². The van der Waals surface area contributed by atoms with Crippen LogP contribution in [0.15, 0.2) is 29.2 Å². The third-order valence-corrected chi connectivity index (χ3v) is 8.68. The molecule has 158 valence electrons. The van der Waals surface area contributed by atoms with Crippen molar-refractivity contribution in [1.82, 2.24) is 4.31 Å². The van der Waals surface area contributed by atoms with Gasteiger partial charge >= 0.3 is 0 Å². The number of rotatable bonds is 8. The Kier molecular flexibility index (Phi) is 6.98. The highest BCUT2D eigenvalue weighted by Crippen LogP contribution is 2.29. The molecule has 10 heteroatoms. The second kappa shape index (κ2) is 9.08. The van der Waals surface area contributed by atoms with E-state index in [0.717, 1.165) is 0 Å². The predicted octanol–water partition coefficient (Wildman–Crippen LogP) is 1.27. The van der Waals surface area contributed by atoms with Gasteiger partial charge in [-0.1, -0.05) is 6.92 Å². The summed E-state index contributed by atoms with van der Waals surface area (Å²) in [6.45, 7) is 3.70. The molecule has 2 fully saturated rings. The molecule has 0 bridgehead atoms. The van der Waals surface area contributed by atoms with E-state index in [-0.39, 0.29) is 35.2 Å². The second-order valence-electron chi connectivity index (χ2n) is 6.91. The summed E-state index contributed by atoms with van der Waals surface area (Å²) in [5, 5.41) is 0. The summed E-state index contributed by atoms with van der Waals surface area (Å²) in [5.41, 5.74) is 0. The van der Waals surface area contributed by atoms with Crippen LogP contribution in [-0.2, 0) is 29.3 Å². The summed E-state index contributed by atoms with van der Waals surface area (Å²) < 4.78 is 66.6. The van der Waals surface area contributed by atoms with Crippen LogP contribution in [0.2, 0.25) is 0 Å². The van der Waals surface area contributed by atoms with Crippen molar-refractivity contribution in [3.05, 3.63) is 24.3 Å². The van der Waals surface area contributed by atoms with Gasteiger partial charge in [0.1, 0.15) is 12.4 Å². The Morgan fingerprint density at radius 3 is 2.21 bits per heavy atom. The highest BCUT2D eigenvalue weighted by atomic mass is 32.2. The Bertz CT molecular complexity index is 838. The quantitative estimate of drug-likeness (QED) is 0.609. The lowest BCUT2D eigenvalue weighted by atomic mass is 9.98. The number of sulfonamides is 1. The van der Waals surface area contributed by atoms with Gasteiger partial charge < -0.3 is 14.2 Å². The maximum Gasteiger partial charge on any atom is 0.243 e. The largest absolute Gasteiger partial charge is 0.493 e. The van der Waals surface area contributed by atoms with Gasteiger partial charge in [0.15, 0.2) is 16.1 Å². The Balaban J connectivity index is 1.55. The van der Waals surface area contributed by atoms with E-state index in [1.54, 1.807) is 19.1 Å². The zero-order valence-electron chi connectivity index (χ0n) is 15.9. The van der Waals surface area contributed by atoms with Crippen LogP contribution in [0, 0.1) is 5.92 Å². The van der Waals surface area contributed by atoms with Crippen molar-refractivity contribution < 1.29 is 31.0 Å². The highest BCUT2D eigenvalue weighted by Gasteiger charge is 2.34. The smallest absolute Gasteiger partial charge is 0.243 e. The van der Waals surface area contributed by atoms with Crippen LogP contribution < -0.4 is 4.74 Å². The van der Waals surface area contributed by atoms with Gasteiger partial charge in [-0.25, -0.2) is 16.8 Å². The fraction of sp³-hybridized carbons (Fsp3) is 0.667. The van der Waals surface area contributed by atoms with Crippen LogP contribution in [0.25, 0.3) is 0 Å². The summed E-state index contributed by atoms with van der Waals surface area (Å²) in [5.74, 6) is 0.680. The van der Waals surface area contributed by atoms with Crippen LogP contribution in [0.3, 0.4) is 0 Å². The van der Waals surface area contributed by atoms with E-state index < -0.39 is 19.9 Å². The van der Waals surface area contributed by atoms with Gasteiger partial charge in [0.25, 0.3) is 0 Å². The lowest BCUT2D eigenvalue weighted by Crippen LogP contribution is -2.41. The molecular weight excluding hydrogens is 406 g/mol. The molecule has 28 heavy (non-hydrogen) atoms. The van der Waals surface area contributed by atoms with Gasteiger partial charge in [-0.3, -0.25) is 0 Å². The lowest BCUT2D eigenvalue weighted by molar-refractivity contribution is -0.0938. The van der Waals surface area contributed by atoms with Gasteiger partial charge in [0.2, 0.25) is 10.0 Å². The minimum absolute atomic E-state index is 0.0428. The molecule has 0 radical (unpaired) electrons. The van der Waals surface area contributed by atoms with Crippen molar-refractivity contribution in [1.29, 1.82) is 0 Å². The van der Waals surface area contributed by atoms with E-state index in [9.17, 15) is 16.8 Å². The van der Waals surface area contributed by atoms with Crippen molar-refractivity contribution in [3.8, 4) is 5.75 Å². The molecule has 0 amide bonds. The number of ether oxygens (including phenoxy) is 3. The normalized spacial score (nSPS) is 20.5. The fourth-order valence-electron chi connectivity index (χ4n) is 3.32. The maximum absolute atomic E-state index is 12.9. The first kappa shape index (κ1) is 21.5. The topological polar surface area (TPSA) is 99.2 Å². The van der Waals surface area contributed by atoms with Crippen molar-refractivity contribution >= 4 is 19.9 Å². The minimum atomic E-state index is -3.57. The first-order chi connectivity index (χ1) is 13.3. The zero-order chi connectivity index (χ0) is 20.2. The third kappa shape index (κ3) is 5.24. The van der Waals surface area contributed by atoms with E-state index in [4.69, 9.17) is 14.2 Å². The summed E-state index contributed by atoms with van der Waals surface area (Å²) >= 11 is 0. The van der Waals surface area contributed by atoms with Crippen LogP contribution in [-0.4, -0.2) is 71.8 Å². The van der Waals surface area contributed by atoms with Crippen LogP contribution in [0.1, 0.15) is 19.8 Å². The van der Waals surface area contributed by atoms with Gasteiger partial charge in [-0.05, 0) is 37.1 Å². The van der Waals surface area contributed by atoms with Crippen molar-refractivity contribution in [2.75, 3.05) is 44.4 Å².